The number of ketones is 1. The van der Waals surface area contributed by atoms with Crippen molar-refractivity contribution in [2.45, 2.75) is 53.5 Å². The maximum Gasteiger partial charge on any atom is 0.188 e. The molecule has 1 unspecified atom stereocenters. The van der Waals surface area contributed by atoms with Crippen LogP contribution in [0.4, 0.5) is 0 Å². The zero-order chi connectivity index (χ0) is 29.7. The van der Waals surface area contributed by atoms with Gasteiger partial charge in [0.25, 0.3) is 0 Å². The molecule has 42 heavy (non-hydrogen) atoms. The third-order valence-electron chi connectivity index (χ3n) is 8.04. The molecule has 1 aromatic carbocycles. The van der Waals surface area contributed by atoms with Crippen molar-refractivity contribution in [3.8, 4) is 0 Å². The fourth-order valence-electron chi connectivity index (χ4n) is 5.69. The number of hydrogen-bond acceptors (Lipinski definition) is 5. The van der Waals surface area contributed by atoms with Crippen LogP contribution in [-0.2, 0) is 16.1 Å². The Hall–Kier alpha value is -3.41. The number of benzene rings is 1. The number of hydrogen-bond donors (Lipinski definition) is 3. The molecule has 4 rings (SSSR count). The van der Waals surface area contributed by atoms with E-state index in [4.69, 9.17) is 4.74 Å². The summed E-state index contributed by atoms with van der Waals surface area (Å²) in [5.74, 6) is 1.73. The van der Waals surface area contributed by atoms with Gasteiger partial charge >= 0.3 is 0 Å². The second-order valence-electron chi connectivity index (χ2n) is 11.6. The fourth-order valence-corrected chi connectivity index (χ4v) is 5.69. The zero-order valence-electron chi connectivity index (χ0n) is 25.9. The first-order valence-corrected chi connectivity index (χ1v) is 15.8. The van der Waals surface area contributed by atoms with Crippen LogP contribution in [0.15, 0.2) is 113 Å². The number of likely N-dealkylation sites (N-methyl/N-ethyl adjacent to an activating group) is 1. The van der Waals surface area contributed by atoms with Gasteiger partial charge in [0.15, 0.2) is 5.78 Å². The average molecular weight is 568 g/mol. The third-order valence-corrected chi connectivity index (χ3v) is 8.04. The summed E-state index contributed by atoms with van der Waals surface area (Å²) >= 11 is 0. The molecule has 0 aromatic heterocycles. The van der Waals surface area contributed by atoms with Crippen LogP contribution in [-0.4, -0.2) is 38.6 Å². The predicted molar refractivity (Wildman–Crippen MR) is 175 cm³/mol. The highest BCUT2D eigenvalue weighted by Gasteiger charge is 2.30. The summed E-state index contributed by atoms with van der Waals surface area (Å²) < 4.78 is 6.25. The minimum absolute atomic E-state index is 0.0633. The third kappa shape index (κ3) is 9.04. The van der Waals surface area contributed by atoms with E-state index in [9.17, 15) is 4.79 Å². The Labute approximate surface area is 253 Å². The molecule has 0 saturated heterocycles. The number of carbonyl (C=O) groups is 1. The summed E-state index contributed by atoms with van der Waals surface area (Å²) in [5, 5.41) is 10.3. The molecule has 5 nitrogen and oxygen atoms in total. The Balaban J connectivity index is 1.34. The highest BCUT2D eigenvalue weighted by molar-refractivity contribution is 6.09. The van der Waals surface area contributed by atoms with Crippen molar-refractivity contribution in [3.63, 3.8) is 0 Å². The Morgan fingerprint density at radius 2 is 1.79 bits per heavy atom. The second kappa shape index (κ2) is 16.3. The molecule has 0 fully saturated rings. The van der Waals surface area contributed by atoms with Gasteiger partial charge in [-0.15, -0.1) is 0 Å². The van der Waals surface area contributed by atoms with Crippen molar-refractivity contribution in [1.29, 1.82) is 0 Å². The largest absolute Gasteiger partial charge is 0.494 e. The smallest absolute Gasteiger partial charge is 0.188 e. The predicted octanol–water partition coefficient (Wildman–Crippen LogP) is 6.71. The van der Waals surface area contributed by atoms with E-state index in [1.807, 2.05) is 6.07 Å². The maximum atomic E-state index is 13.5. The van der Waals surface area contributed by atoms with Gasteiger partial charge in [-0.25, -0.2) is 0 Å². The highest BCUT2D eigenvalue weighted by Crippen LogP contribution is 2.39. The molecular formula is C37H49N3O2. The van der Waals surface area contributed by atoms with Crippen LogP contribution in [0, 0.1) is 17.8 Å². The van der Waals surface area contributed by atoms with E-state index < -0.39 is 0 Å². The molecule has 5 heteroatoms. The van der Waals surface area contributed by atoms with Crippen LogP contribution < -0.4 is 16.0 Å². The lowest BCUT2D eigenvalue weighted by Crippen LogP contribution is -2.27. The SMILES string of the molecule is CCNC1=CC(=O)/C(=C(\C2=C[C@H](C)CC=C2)[C@H]2C=C(OCCCCNCCNCc3ccccc3)C=CC2C)C=C1C. The highest BCUT2D eigenvalue weighted by atomic mass is 16.5. The standard InChI is InChI=1S/C37H49N3O2/c1-5-40-35-25-36(41)34(23-29(35)4)37(31-15-11-12-27(2)22-31)33-24-32(17-16-28(33)3)42-21-10-9-18-38-19-20-39-26-30-13-7-6-8-14-30/h6-8,11,13-17,22-25,27-28,33,38-40H,5,9-10,12,18-21,26H2,1-4H3/b37-34+/t27-,28?,33+/m1/s1. The Morgan fingerprint density at radius 1 is 0.976 bits per heavy atom. The quantitative estimate of drug-likeness (QED) is 0.162. The Bertz CT molecular complexity index is 1280. The van der Waals surface area contributed by atoms with Gasteiger partial charge in [0.05, 0.1) is 6.61 Å². The molecule has 3 aliphatic rings. The van der Waals surface area contributed by atoms with Crippen LogP contribution in [0.25, 0.3) is 0 Å². The summed E-state index contributed by atoms with van der Waals surface area (Å²) in [4.78, 5) is 13.5. The average Bonchev–Trinajstić information content (AvgIpc) is 2.98. The first-order chi connectivity index (χ1) is 20.5. The summed E-state index contributed by atoms with van der Waals surface area (Å²) in [6, 6.07) is 10.5. The van der Waals surface area contributed by atoms with Crippen molar-refractivity contribution >= 4 is 5.78 Å². The van der Waals surface area contributed by atoms with Crippen molar-refractivity contribution in [2.75, 3.05) is 32.8 Å². The molecule has 0 saturated carbocycles. The van der Waals surface area contributed by atoms with E-state index in [1.165, 1.54) is 5.56 Å². The second-order valence-corrected chi connectivity index (χ2v) is 11.6. The van der Waals surface area contributed by atoms with Gasteiger partial charge in [-0.2, -0.15) is 0 Å². The van der Waals surface area contributed by atoms with Gasteiger partial charge in [0, 0.05) is 49.4 Å². The minimum atomic E-state index is 0.0633. The maximum absolute atomic E-state index is 13.5. The van der Waals surface area contributed by atoms with Gasteiger partial charge in [0.1, 0.15) is 5.76 Å². The van der Waals surface area contributed by atoms with Crippen LogP contribution in [0.5, 0.6) is 0 Å². The normalized spacial score (nSPS) is 23.1. The lowest BCUT2D eigenvalue weighted by Gasteiger charge is -2.30. The van der Waals surface area contributed by atoms with E-state index in [0.717, 1.165) is 85.7 Å². The van der Waals surface area contributed by atoms with Crippen LogP contribution in [0.3, 0.4) is 0 Å². The lowest BCUT2D eigenvalue weighted by molar-refractivity contribution is -0.111. The van der Waals surface area contributed by atoms with Gasteiger partial charge in [-0.1, -0.05) is 68.5 Å². The Morgan fingerprint density at radius 3 is 2.57 bits per heavy atom. The molecule has 1 aromatic rings. The molecule has 0 radical (unpaired) electrons. The minimum Gasteiger partial charge on any atom is -0.494 e. The van der Waals surface area contributed by atoms with Crippen LogP contribution >= 0.6 is 0 Å². The lowest BCUT2D eigenvalue weighted by atomic mass is 9.75. The number of allylic oxidation sites excluding steroid dienone is 12. The summed E-state index contributed by atoms with van der Waals surface area (Å²) in [6.45, 7) is 13.9. The molecule has 0 spiro atoms. The van der Waals surface area contributed by atoms with Gasteiger partial charge in [0.2, 0.25) is 0 Å². The summed E-state index contributed by atoms with van der Waals surface area (Å²) in [5.41, 5.74) is 6.39. The molecule has 0 amide bonds. The van der Waals surface area contributed by atoms with Gasteiger partial charge < -0.3 is 20.7 Å². The molecular weight excluding hydrogens is 518 g/mol. The molecule has 0 heterocycles. The topological polar surface area (TPSA) is 62.4 Å². The van der Waals surface area contributed by atoms with E-state index >= 15 is 0 Å². The van der Waals surface area contributed by atoms with E-state index in [2.05, 4.69) is 110 Å². The molecule has 3 aliphatic carbocycles. The monoisotopic (exact) mass is 567 g/mol. The molecule has 224 valence electrons. The fraction of sp³-hybridized carbons (Fsp3) is 0.432. The Kier molecular flexibility index (Phi) is 12.2. The zero-order valence-corrected chi connectivity index (χ0v) is 25.9. The number of rotatable bonds is 15. The van der Waals surface area contributed by atoms with E-state index in [1.54, 1.807) is 6.08 Å². The summed E-state index contributed by atoms with van der Waals surface area (Å²) in [7, 11) is 0. The van der Waals surface area contributed by atoms with E-state index in [-0.39, 0.29) is 17.6 Å². The molecule has 3 atom stereocenters. The van der Waals surface area contributed by atoms with Crippen molar-refractivity contribution in [1.82, 2.24) is 16.0 Å². The van der Waals surface area contributed by atoms with E-state index in [0.29, 0.717) is 12.5 Å². The number of nitrogens with one attached hydrogen (secondary N) is 3. The first-order valence-electron chi connectivity index (χ1n) is 15.8. The molecule has 0 bridgehead atoms. The number of ether oxygens (including phenoxy) is 1. The number of unbranched alkanes of at least 4 members (excludes halogenated alkanes) is 1. The van der Waals surface area contributed by atoms with Crippen LogP contribution in [0.2, 0.25) is 0 Å². The van der Waals surface area contributed by atoms with Crippen molar-refractivity contribution in [3.05, 3.63) is 118 Å². The number of carbonyl (C=O) groups excluding carboxylic acids is 1. The van der Waals surface area contributed by atoms with Crippen molar-refractivity contribution < 1.29 is 9.53 Å². The summed E-state index contributed by atoms with van der Waals surface area (Å²) in [6.07, 6.45) is 20.3. The van der Waals surface area contributed by atoms with Crippen molar-refractivity contribution in [2.24, 2.45) is 17.8 Å². The first kappa shape index (κ1) is 31.5. The molecule has 3 N–H and O–H groups in total. The van der Waals surface area contributed by atoms with Gasteiger partial charge in [-0.3, -0.25) is 4.79 Å². The van der Waals surface area contributed by atoms with Gasteiger partial charge in [-0.05, 0) is 92.0 Å². The van der Waals surface area contributed by atoms with Crippen LogP contribution in [0.1, 0.15) is 52.5 Å². The molecule has 0 aliphatic heterocycles.